The van der Waals surface area contributed by atoms with Gasteiger partial charge >= 0.3 is 7.12 Å². The summed E-state index contributed by atoms with van der Waals surface area (Å²) in [7, 11) is -0.937. The summed E-state index contributed by atoms with van der Waals surface area (Å²) >= 11 is 0. The number of benzene rings is 1. The average Bonchev–Trinajstić information content (AvgIpc) is 2.68. The standard InChI is InChI=1S/C19H29BF2O3/c1-12(2)10-13(3)11-23-15-9-8-14(16(21)17(15)22)20-24-18(4,5)19(6,7)25-20/h8-9,12-13H,10-11H2,1-7H3. The second-order valence-corrected chi connectivity index (χ2v) is 8.41. The van der Waals surface area contributed by atoms with Crippen molar-refractivity contribution < 1.29 is 22.8 Å². The Hall–Kier alpha value is -1.14. The van der Waals surface area contributed by atoms with Gasteiger partial charge in [-0.2, -0.15) is 4.39 Å². The van der Waals surface area contributed by atoms with E-state index in [1.165, 1.54) is 12.1 Å². The van der Waals surface area contributed by atoms with Crippen molar-refractivity contribution in [1.82, 2.24) is 0 Å². The van der Waals surface area contributed by atoms with Gasteiger partial charge in [-0.3, -0.25) is 0 Å². The van der Waals surface area contributed by atoms with Crippen LogP contribution in [-0.4, -0.2) is 24.9 Å². The summed E-state index contributed by atoms with van der Waals surface area (Å²) in [6, 6.07) is 2.92. The molecule has 0 aromatic heterocycles. The third kappa shape index (κ3) is 4.34. The molecule has 0 amide bonds. The second-order valence-electron chi connectivity index (χ2n) is 8.41. The number of hydrogen-bond acceptors (Lipinski definition) is 3. The summed E-state index contributed by atoms with van der Waals surface area (Å²) < 4.78 is 46.0. The van der Waals surface area contributed by atoms with E-state index < -0.39 is 30.0 Å². The van der Waals surface area contributed by atoms with Crippen molar-refractivity contribution >= 4 is 12.6 Å². The SMILES string of the molecule is CC(C)CC(C)COc1ccc(B2OC(C)(C)C(C)(C)O2)c(F)c1F. The highest BCUT2D eigenvalue weighted by Gasteiger charge is 2.52. The maximum atomic E-state index is 14.5. The summed E-state index contributed by atoms with van der Waals surface area (Å²) in [5.74, 6) is -1.25. The number of ether oxygens (including phenoxy) is 1. The number of rotatable bonds is 6. The van der Waals surface area contributed by atoms with Gasteiger partial charge < -0.3 is 14.0 Å². The molecule has 25 heavy (non-hydrogen) atoms. The molecule has 2 rings (SSSR count). The van der Waals surface area contributed by atoms with E-state index in [2.05, 4.69) is 13.8 Å². The van der Waals surface area contributed by atoms with Gasteiger partial charge in [0.05, 0.1) is 17.8 Å². The maximum absolute atomic E-state index is 14.5. The molecule has 1 saturated heterocycles. The highest BCUT2D eigenvalue weighted by Crippen LogP contribution is 2.37. The Labute approximate surface area is 150 Å². The summed E-state index contributed by atoms with van der Waals surface area (Å²) in [6.07, 6.45) is 0.968. The minimum atomic E-state index is -0.996. The topological polar surface area (TPSA) is 27.7 Å². The van der Waals surface area contributed by atoms with Crippen molar-refractivity contribution in [2.45, 2.75) is 66.1 Å². The van der Waals surface area contributed by atoms with Gasteiger partial charge in [-0.05, 0) is 52.0 Å². The Balaban J connectivity index is 2.13. The van der Waals surface area contributed by atoms with Gasteiger partial charge in [-0.1, -0.05) is 26.8 Å². The summed E-state index contributed by atoms with van der Waals surface area (Å²) in [6.45, 7) is 14.1. The molecule has 0 spiro atoms. The van der Waals surface area contributed by atoms with Crippen molar-refractivity contribution in [1.29, 1.82) is 0 Å². The monoisotopic (exact) mass is 354 g/mol. The van der Waals surface area contributed by atoms with E-state index in [0.29, 0.717) is 12.5 Å². The predicted octanol–water partition coefficient (Wildman–Crippen LogP) is 4.33. The van der Waals surface area contributed by atoms with E-state index in [4.69, 9.17) is 14.0 Å². The van der Waals surface area contributed by atoms with Gasteiger partial charge in [0.1, 0.15) is 0 Å². The van der Waals surface area contributed by atoms with Crippen LogP contribution < -0.4 is 10.2 Å². The smallest absolute Gasteiger partial charge is 0.490 e. The lowest BCUT2D eigenvalue weighted by Crippen LogP contribution is -2.41. The zero-order chi connectivity index (χ0) is 19.0. The highest BCUT2D eigenvalue weighted by molar-refractivity contribution is 6.62. The predicted molar refractivity (Wildman–Crippen MR) is 96.2 cm³/mol. The lowest BCUT2D eigenvalue weighted by Gasteiger charge is -2.32. The lowest BCUT2D eigenvalue weighted by atomic mass is 9.78. The van der Waals surface area contributed by atoms with Crippen molar-refractivity contribution in [2.75, 3.05) is 6.61 Å². The molecule has 1 aromatic carbocycles. The Morgan fingerprint density at radius 2 is 1.56 bits per heavy atom. The summed E-state index contributed by atoms with van der Waals surface area (Å²) in [5, 5.41) is 0. The van der Waals surface area contributed by atoms with Crippen LogP contribution in [0.5, 0.6) is 5.75 Å². The zero-order valence-corrected chi connectivity index (χ0v) is 16.3. The molecule has 0 bridgehead atoms. The fourth-order valence-electron chi connectivity index (χ4n) is 2.92. The maximum Gasteiger partial charge on any atom is 0.497 e. The molecule has 1 heterocycles. The molecule has 0 N–H and O–H groups in total. The Morgan fingerprint density at radius 3 is 2.08 bits per heavy atom. The van der Waals surface area contributed by atoms with Crippen LogP contribution in [0.4, 0.5) is 8.78 Å². The first-order valence-corrected chi connectivity index (χ1v) is 8.91. The molecule has 0 radical (unpaired) electrons. The first-order valence-electron chi connectivity index (χ1n) is 8.91. The van der Waals surface area contributed by atoms with Crippen LogP contribution in [-0.2, 0) is 9.31 Å². The molecule has 0 saturated carbocycles. The van der Waals surface area contributed by atoms with Gasteiger partial charge in [0, 0.05) is 5.46 Å². The zero-order valence-electron chi connectivity index (χ0n) is 16.3. The number of halogens is 2. The third-order valence-electron chi connectivity index (χ3n) is 4.98. The first-order chi connectivity index (χ1) is 11.4. The molecular weight excluding hydrogens is 325 g/mol. The van der Waals surface area contributed by atoms with E-state index in [0.717, 1.165) is 6.42 Å². The molecule has 1 unspecified atom stereocenters. The summed E-state index contributed by atoms with van der Waals surface area (Å²) in [5.41, 5.74) is -1.16. The largest absolute Gasteiger partial charge is 0.497 e. The molecule has 0 aliphatic carbocycles. The fourth-order valence-corrected chi connectivity index (χ4v) is 2.92. The highest BCUT2D eigenvalue weighted by atomic mass is 19.2. The normalized spacial score (nSPS) is 20.2. The lowest BCUT2D eigenvalue weighted by molar-refractivity contribution is 0.00578. The molecular formula is C19H29BF2O3. The quantitative estimate of drug-likeness (QED) is 0.712. The van der Waals surface area contributed by atoms with Gasteiger partial charge in [-0.15, -0.1) is 0 Å². The molecule has 140 valence electrons. The molecule has 1 aromatic rings. The molecule has 1 fully saturated rings. The molecule has 1 atom stereocenters. The minimum Gasteiger partial charge on any atom is -0.490 e. The van der Waals surface area contributed by atoms with E-state index in [-0.39, 0.29) is 17.1 Å². The van der Waals surface area contributed by atoms with Gasteiger partial charge in [0.15, 0.2) is 17.4 Å². The molecule has 3 nitrogen and oxygen atoms in total. The van der Waals surface area contributed by atoms with E-state index >= 15 is 0 Å². The van der Waals surface area contributed by atoms with Crippen LogP contribution in [0.1, 0.15) is 54.9 Å². The minimum absolute atomic E-state index is 0.0544. The van der Waals surface area contributed by atoms with E-state index in [9.17, 15) is 8.78 Å². The second kappa shape index (κ2) is 7.24. The van der Waals surface area contributed by atoms with Crippen molar-refractivity contribution in [3.05, 3.63) is 23.8 Å². The van der Waals surface area contributed by atoms with Crippen LogP contribution in [0, 0.1) is 23.5 Å². The average molecular weight is 354 g/mol. The molecule has 6 heteroatoms. The fraction of sp³-hybridized carbons (Fsp3) is 0.684. The summed E-state index contributed by atoms with van der Waals surface area (Å²) in [4.78, 5) is 0. The van der Waals surface area contributed by atoms with E-state index in [1.54, 1.807) is 0 Å². The third-order valence-corrected chi connectivity index (χ3v) is 4.98. The van der Waals surface area contributed by atoms with Crippen LogP contribution in [0.15, 0.2) is 12.1 Å². The van der Waals surface area contributed by atoms with E-state index in [1.807, 2.05) is 34.6 Å². The van der Waals surface area contributed by atoms with Gasteiger partial charge in [-0.25, -0.2) is 4.39 Å². The van der Waals surface area contributed by atoms with Gasteiger partial charge in [0.25, 0.3) is 0 Å². The van der Waals surface area contributed by atoms with Gasteiger partial charge in [0.2, 0.25) is 0 Å². The van der Waals surface area contributed by atoms with Crippen molar-refractivity contribution in [2.24, 2.45) is 11.8 Å². The van der Waals surface area contributed by atoms with Crippen LogP contribution in [0.3, 0.4) is 0 Å². The first kappa shape index (κ1) is 20.2. The van der Waals surface area contributed by atoms with Crippen LogP contribution >= 0.6 is 0 Å². The van der Waals surface area contributed by atoms with Crippen molar-refractivity contribution in [3.8, 4) is 5.75 Å². The Morgan fingerprint density at radius 1 is 1.00 bits per heavy atom. The van der Waals surface area contributed by atoms with Crippen LogP contribution in [0.2, 0.25) is 0 Å². The van der Waals surface area contributed by atoms with Crippen molar-refractivity contribution in [3.63, 3.8) is 0 Å². The number of hydrogen-bond donors (Lipinski definition) is 0. The van der Waals surface area contributed by atoms with Crippen LogP contribution in [0.25, 0.3) is 0 Å². The Bertz CT molecular complexity index is 601. The Kier molecular flexibility index (Phi) is 5.84. The molecule has 1 aliphatic heterocycles. The molecule has 1 aliphatic rings.